The molecule has 0 aliphatic rings. The molecule has 0 aromatic heterocycles. The van der Waals surface area contributed by atoms with E-state index in [1.54, 1.807) is 0 Å². The van der Waals surface area contributed by atoms with Crippen molar-refractivity contribution in [1.82, 2.24) is 5.32 Å². The number of nitrogens with one attached hydrogen (secondary N) is 1. The van der Waals surface area contributed by atoms with Crippen LogP contribution in [-0.2, 0) is 9.53 Å². The minimum absolute atomic E-state index is 0.363. The molecule has 1 N–H and O–H groups in total. The predicted molar refractivity (Wildman–Crippen MR) is 99.5 cm³/mol. The molecule has 23 heavy (non-hydrogen) atoms. The maximum atomic E-state index is 11.1. The van der Waals surface area contributed by atoms with Crippen LogP contribution in [0.2, 0.25) is 0 Å². The molecule has 0 rings (SSSR count). The molecule has 3 nitrogen and oxygen atoms in total. The number of hydrogen-bond donors (Lipinski definition) is 1. The summed E-state index contributed by atoms with van der Waals surface area (Å²) in [5, 5.41) is 3.01. The third-order valence-corrected chi connectivity index (χ3v) is 4.30. The lowest BCUT2D eigenvalue weighted by Crippen LogP contribution is -2.21. The van der Waals surface area contributed by atoms with Crippen LogP contribution in [0.25, 0.3) is 0 Å². The van der Waals surface area contributed by atoms with Gasteiger partial charge in [0.2, 0.25) is 0 Å². The Morgan fingerprint density at radius 2 is 1.17 bits per heavy atom. The van der Waals surface area contributed by atoms with Gasteiger partial charge < -0.3 is 10.1 Å². The smallest absolute Gasteiger partial charge is 0.353 e. The fourth-order valence-corrected chi connectivity index (χ4v) is 2.75. The summed E-state index contributed by atoms with van der Waals surface area (Å²) in [6.45, 7) is 6.73. The van der Waals surface area contributed by atoms with Gasteiger partial charge in [-0.25, -0.2) is 4.79 Å². The number of hydrogen-bond acceptors (Lipinski definition) is 3. The molecule has 0 unspecified atom stereocenters. The third-order valence-electron chi connectivity index (χ3n) is 4.30. The largest absolute Gasteiger partial charge is 0.464 e. The lowest BCUT2D eigenvalue weighted by Gasteiger charge is -2.07. The number of methoxy groups -OCH3 is 1. The van der Waals surface area contributed by atoms with Crippen molar-refractivity contribution in [2.24, 2.45) is 0 Å². The molecule has 0 atom stereocenters. The van der Waals surface area contributed by atoms with Crippen molar-refractivity contribution in [3.63, 3.8) is 0 Å². The Morgan fingerprint density at radius 1 is 0.783 bits per heavy atom. The van der Waals surface area contributed by atoms with Crippen molar-refractivity contribution in [2.45, 2.75) is 96.8 Å². The van der Waals surface area contributed by atoms with Crippen molar-refractivity contribution in [2.75, 3.05) is 13.7 Å². The molecule has 0 aliphatic carbocycles. The number of ether oxygens (including phenoxy) is 1. The van der Waals surface area contributed by atoms with Crippen LogP contribution in [0.3, 0.4) is 0 Å². The molecule has 0 bridgehead atoms. The first-order valence-electron chi connectivity index (χ1n) is 9.73. The van der Waals surface area contributed by atoms with E-state index in [0.29, 0.717) is 5.70 Å². The summed E-state index contributed by atoms with van der Waals surface area (Å²) in [7, 11) is 1.38. The Balaban J connectivity index is 3.11. The summed E-state index contributed by atoms with van der Waals surface area (Å²) in [6.07, 6.45) is 19.0. The molecule has 0 saturated carbocycles. The van der Waals surface area contributed by atoms with E-state index in [-0.39, 0.29) is 5.97 Å². The highest BCUT2D eigenvalue weighted by molar-refractivity contribution is 5.86. The zero-order valence-corrected chi connectivity index (χ0v) is 15.6. The van der Waals surface area contributed by atoms with Gasteiger partial charge in [-0.3, -0.25) is 0 Å². The second kappa shape index (κ2) is 17.4. The van der Waals surface area contributed by atoms with Crippen molar-refractivity contribution in [3.8, 4) is 0 Å². The molecule has 0 aromatic carbocycles. The zero-order chi connectivity index (χ0) is 17.2. The second-order valence-electron chi connectivity index (χ2n) is 6.49. The van der Waals surface area contributed by atoms with Gasteiger partial charge in [-0.05, 0) is 6.42 Å². The molecule has 0 fully saturated rings. The minimum Gasteiger partial charge on any atom is -0.464 e. The van der Waals surface area contributed by atoms with Crippen molar-refractivity contribution < 1.29 is 9.53 Å². The molecule has 0 amide bonds. The number of carbonyl (C=O) groups is 1. The van der Waals surface area contributed by atoms with Crippen LogP contribution in [-0.4, -0.2) is 19.6 Å². The Hall–Kier alpha value is -0.990. The van der Waals surface area contributed by atoms with E-state index in [4.69, 9.17) is 0 Å². The van der Waals surface area contributed by atoms with E-state index in [1.807, 2.05) is 0 Å². The monoisotopic (exact) mass is 325 g/mol. The van der Waals surface area contributed by atoms with E-state index < -0.39 is 0 Å². The number of esters is 1. The summed E-state index contributed by atoms with van der Waals surface area (Å²) in [5.74, 6) is -0.365. The first-order chi connectivity index (χ1) is 11.2. The lowest BCUT2D eigenvalue weighted by molar-refractivity contribution is -0.136. The maximum Gasteiger partial charge on any atom is 0.353 e. The first kappa shape index (κ1) is 22.0. The Kier molecular flexibility index (Phi) is 16.6. The topological polar surface area (TPSA) is 38.3 Å². The fourth-order valence-electron chi connectivity index (χ4n) is 2.75. The van der Waals surface area contributed by atoms with Crippen molar-refractivity contribution in [1.29, 1.82) is 0 Å². The van der Waals surface area contributed by atoms with Gasteiger partial charge in [0.05, 0.1) is 7.11 Å². The molecular formula is C20H39NO2. The van der Waals surface area contributed by atoms with Crippen LogP contribution in [0.1, 0.15) is 96.8 Å². The van der Waals surface area contributed by atoms with Gasteiger partial charge in [0.25, 0.3) is 0 Å². The standard InChI is InChI=1S/C20H39NO2/c1-4-5-6-7-8-9-10-11-12-13-14-15-16-17-18-21-19(2)20(22)23-3/h21H,2,4-18H2,1,3H3. The van der Waals surface area contributed by atoms with E-state index in [0.717, 1.165) is 13.0 Å². The summed E-state index contributed by atoms with van der Waals surface area (Å²) < 4.78 is 4.59. The molecule has 0 aliphatic heterocycles. The second-order valence-corrected chi connectivity index (χ2v) is 6.49. The Bertz CT molecular complexity index is 289. The highest BCUT2D eigenvalue weighted by atomic mass is 16.5. The molecular weight excluding hydrogens is 286 g/mol. The van der Waals surface area contributed by atoms with Gasteiger partial charge in [-0.2, -0.15) is 0 Å². The van der Waals surface area contributed by atoms with Crippen LogP contribution in [0.5, 0.6) is 0 Å². The third kappa shape index (κ3) is 15.7. The number of unbranched alkanes of at least 4 members (excludes halogenated alkanes) is 13. The summed E-state index contributed by atoms with van der Waals surface area (Å²) >= 11 is 0. The number of rotatable bonds is 17. The van der Waals surface area contributed by atoms with E-state index in [2.05, 4.69) is 23.6 Å². The average molecular weight is 326 g/mol. The van der Waals surface area contributed by atoms with Crippen LogP contribution in [0.15, 0.2) is 12.3 Å². The van der Waals surface area contributed by atoms with E-state index >= 15 is 0 Å². The molecule has 0 saturated heterocycles. The molecule has 0 spiro atoms. The molecule has 0 radical (unpaired) electrons. The first-order valence-corrected chi connectivity index (χ1v) is 9.73. The van der Waals surface area contributed by atoms with Gasteiger partial charge in [0.15, 0.2) is 0 Å². The van der Waals surface area contributed by atoms with Gasteiger partial charge in [0, 0.05) is 6.54 Å². The van der Waals surface area contributed by atoms with Crippen LogP contribution < -0.4 is 5.32 Å². The quantitative estimate of drug-likeness (QED) is 0.210. The van der Waals surface area contributed by atoms with Crippen LogP contribution in [0.4, 0.5) is 0 Å². The zero-order valence-electron chi connectivity index (χ0n) is 15.6. The normalized spacial score (nSPS) is 10.5. The maximum absolute atomic E-state index is 11.1. The molecule has 136 valence electrons. The fraction of sp³-hybridized carbons (Fsp3) is 0.850. The van der Waals surface area contributed by atoms with Crippen LogP contribution >= 0.6 is 0 Å². The Labute approximate surface area is 144 Å². The van der Waals surface area contributed by atoms with Crippen molar-refractivity contribution in [3.05, 3.63) is 12.3 Å². The molecule has 3 heteroatoms. The van der Waals surface area contributed by atoms with Gasteiger partial charge >= 0.3 is 5.97 Å². The van der Waals surface area contributed by atoms with E-state index in [9.17, 15) is 4.79 Å². The van der Waals surface area contributed by atoms with Gasteiger partial charge in [0.1, 0.15) is 5.70 Å². The van der Waals surface area contributed by atoms with Crippen molar-refractivity contribution >= 4 is 5.97 Å². The average Bonchev–Trinajstić information content (AvgIpc) is 2.57. The van der Waals surface area contributed by atoms with E-state index in [1.165, 1.54) is 90.6 Å². The summed E-state index contributed by atoms with van der Waals surface area (Å²) in [5.41, 5.74) is 0.363. The van der Waals surface area contributed by atoms with Gasteiger partial charge in [-0.15, -0.1) is 0 Å². The minimum atomic E-state index is -0.365. The molecule has 0 aromatic rings. The molecule has 0 heterocycles. The lowest BCUT2D eigenvalue weighted by atomic mass is 10.0. The number of carbonyl (C=O) groups excluding carboxylic acids is 1. The summed E-state index contributed by atoms with van der Waals surface area (Å²) in [4.78, 5) is 11.1. The SMILES string of the molecule is C=C(NCCCCCCCCCCCCCCCC)C(=O)OC. The van der Waals surface area contributed by atoms with Gasteiger partial charge in [-0.1, -0.05) is 97.0 Å². The highest BCUT2D eigenvalue weighted by Crippen LogP contribution is 2.12. The predicted octanol–water partition coefficient (Wildman–Crippen LogP) is 5.74. The Morgan fingerprint density at radius 3 is 1.57 bits per heavy atom. The van der Waals surface area contributed by atoms with Crippen LogP contribution in [0, 0.1) is 0 Å². The highest BCUT2D eigenvalue weighted by Gasteiger charge is 2.04. The summed E-state index contributed by atoms with van der Waals surface area (Å²) in [6, 6.07) is 0.